The monoisotopic (exact) mass is 228 g/mol. The summed E-state index contributed by atoms with van der Waals surface area (Å²) >= 11 is 5.60. The molecule has 0 N–H and O–H groups in total. The lowest BCUT2D eigenvalue weighted by atomic mass is 9.98. The van der Waals surface area contributed by atoms with Gasteiger partial charge in [0.05, 0.1) is 5.02 Å². The van der Waals surface area contributed by atoms with Gasteiger partial charge in [0.2, 0.25) is 0 Å². The van der Waals surface area contributed by atoms with Gasteiger partial charge in [0.1, 0.15) is 5.82 Å². The predicted octanol–water partition coefficient (Wildman–Crippen LogP) is 4.10. The van der Waals surface area contributed by atoms with Crippen LogP contribution >= 0.6 is 11.6 Å². The van der Waals surface area contributed by atoms with Gasteiger partial charge in [-0.1, -0.05) is 31.9 Å². The Morgan fingerprint density at radius 2 is 2.20 bits per heavy atom. The summed E-state index contributed by atoms with van der Waals surface area (Å²) in [5, 5.41) is 0.00463. The van der Waals surface area contributed by atoms with Crippen LogP contribution in [0.25, 0.3) is 0 Å². The molecule has 3 heteroatoms. The lowest BCUT2D eigenvalue weighted by Crippen LogP contribution is -2.05. The zero-order chi connectivity index (χ0) is 11.4. The van der Waals surface area contributed by atoms with Crippen LogP contribution in [0.3, 0.4) is 0 Å². The molecule has 0 aliphatic heterocycles. The van der Waals surface area contributed by atoms with Crippen molar-refractivity contribution in [3.05, 3.63) is 34.6 Å². The molecule has 1 atom stereocenters. The van der Waals surface area contributed by atoms with Crippen molar-refractivity contribution in [2.24, 2.45) is 5.92 Å². The van der Waals surface area contributed by atoms with E-state index in [9.17, 15) is 9.18 Å². The number of ketones is 1. The number of rotatable bonds is 4. The molecule has 0 saturated carbocycles. The molecule has 0 spiro atoms. The second kappa shape index (κ2) is 5.26. The van der Waals surface area contributed by atoms with Crippen molar-refractivity contribution in [2.45, 2.75) is 26.7 Å². The maximum Gasteiger partial charge on any atom is 0.163 e. The number of carbonyl (C=O) groups excluding carboxylic acids is 1. The largest absolute Gasteiger partial charge is 0.294 e. The molecule has 0 saturated heterocycles. The first kappa shape index (κ1) is 12.2. The van der Waals surface area contributed by atoms with E-state index < -0.39 is 5.82 Å². The molecule has 0 heterocycles. The minimum absolute atomic E-state index is 0.00463. The summed E-state index contributed by atoms with van der Waals surface area (Å²) in [6.45, 7) is 4.05. The maximum absolute atomic E-state index is 12.8. The number of hydrogen-bond donors (Lipinski definition) is 0. The maximum atomic E-state index is 12.8. The Kier molecular flexibility index (Phi) is 4.28. The summed E-state index contributed by atoms with van der Waals surface area (Å²) in [6, 6.07) is 4.10. The summed E-state index contributed by atoms with van der Waals surface area (Å²) in [4.78, 5) is 11.7. The molecule has 0 aliphatic carbocycles. The van der Waals surface area contributed by atoms with Gasteiger partial charge in [-0.3, -0.25) is 4.79 Å². The predicted molar refractivity (Wildman–Crippen MR) is 59.8 cm³/mol. The summed E-state index contributed by atoms with van der Waals surface area (Å²) in [5.41, 5.74) is 0.488. The van der Waals surface area contributed by atoms with Crippen LogP contribution in [0.4, 0.5) is 4.39 Å². The Bertz CT molecular complexity index is 363. The van der Waals surface area contributed by atoms with Gasteiger partial charge in [-0.05, 0) is 24.1 Å². The lowest BCUT2D eigenvalue weighted by Gasteiger charge is -2.07. The van der Waals surface area contributed by atoms with Gasteiger partial charge in [-0.2, -0.15) is 0 Å². The molecular formula is C12H14ClFO. The smallest absolute Gasteiger partial charge is 0.163 e. The average molecular weight is 229 g/mol. The van der Waals surface area contributed by atoms with Gasteiger partial charge in [0.15, 0.2) is 5.78 Å². The van der Waals surface area contributed by atoms with Crippen molar-refractivity contribution in [3.8, 4) is 0 Å². The van der Waals surface area contributed by atoms with Crippen LogP contribution in [0.2, 0.25) is 5.02 Å². The Morgan fingerprint density at radius 3 is 2.73 bits per heavy atom. The minimum Gasteiger partial charge on any atom is -0.294 e. The summed E-state index contributed by atoms with van der Waals surface area (Å²) in [6.07, 6.45) is 1.44. The van der Waals surface area contributed by atoms with Crippen LogP contribution in [0.5, 0.6) is 0 Å². The van der Waals surface area contributed by atoms with E-state index in [0.29, 0.717) is 17.9 Å². The van der Waals surface area contributed by atoms with Crippen LogP contribution in [-0.2, 0) is 0 Å². The molecule has 0 amide bonds. The number of Topliss-reactive ketones (excluding diaryl/α,β-unsaturated/α-hetero) is 1. The molecule has 1 aromatic rings. The van der Waals surface area contributed by atoms with Gasteiger partial charge in [-0.25, -0.2) is 4.39 Å². The fraction of sp³-hybridized carbons (Fsp3) is 0.417. The third kappa shape index (κ3) is 3.31. The van der Waals surface area contributed by atoms with E-state index >= 15 is 0 Å². The van der Waals surface area contributed by atoms with Crippen molar-refractivity contribution in [3.63, 3.8) is 0 Å². The molecule has 15 heavy (non-hydrogen) atoms. The third-order valence-corrected chi connectivity index (χ3v) is 2.76. The normalized spacial score (nSPS) is 12.5. The topological polar surface area (TPSA) is 17.1 Å². The highest BCUT2D eigenvalue weighted by Crippen LogP contribution is 2.19. The first-order valence-electron chi connectivity index (χ1n) is 5.02. The van der Waals surface area contributed by atoms with E-state index in [1.807, 2.05) is 13.8 Å². The van der Waals surface area contributed by atoms with Crippen molar-refractivity contribution < 1.29 is 9.18 Å². The molecule has 1 nitrogen and oxygen atoms in total. The fourth-order valence-corrected chi connectivity index (χ4v) is 1.43. The standard InChI is InChI=1S/C12H14ClFO/c1-3-8(2)6-12(15)9-4-5-11(14)10(13)7-9/h4-5,7-8H,3,6H2,1-2H3. The first-order chi connectivity index (χ1) is 7.04. The summed E-state index contributed by atoms with van der Waals surface area (Å²) in [5.74, 6) is -0.121. The van der Waals surface area contributed by atoms with Gasteiger partial charge in [0.25, 0.3) is 0 Å². The van der Waals surface area contributed by atoms with Gasteiger partial charge in [-0.15, -0.1) is 0 Å². The summed E-state index contributed by atoms with van der Waals surface area (Å²) < 4.78 is 12.8. The highest BCUT2D eigenvalue weighted by Gasteiger charge is 2.11. The van der Waals surface area contributed by atoms with E-state index in [1.54, 1.807) is 0 Å². The van der Waals surface area contributed by atoms with Gasteiger partial charge < -0.3 is 0 Å². The SMILES string of the molecule is CCC(C)CC(=O)c1ccc(F)c(Cl)c1. The van der Waals surface area contributed by atoms with E-state index in [-0.39, 0.29) is 10.8 Å². The fourth-order valence-electron chi connectivity index (χ4n) is 1.25. The van der Waals surface area contributed by atoms with Gasteiger partial charge in [0, 0.05) is 12.0 Å². The first-order valence-corrected chi connectivity index (χ1v) is 5.40. The highest BCUT2D eigenvalue weighted by atomic mass is 35.5. The van der Waals surface area contributed by atoms with Crippen molar-refractivity contribution in [1.82, 2.24) is 0 Å². The molecule has 1 rings (SSSR count). The van der Waals surface area contributed by atoms with Crippen LogP contribution in [-0.4, -0.2) is 5.78 Å². The second-order valence-corrected chi connectivity index (χ2v) is 4.18. The van der Waals surface area contributed by atoms with E-state index in [2.05, 4.69) is 0 Å². The number of benzene rings is 1. The van der Waals surface area contributed by atoms with Crippen LogP contribution in [0, 0.1) is 11.7 Å². The molecule has 0 aliphatic rings. The Morgan fingerprint density at radius 1 is 1.53 bits per heavy atom. The van der Waals surface area contributed by atoms with E-state index in [4.69, 9.17) is 11.6 Å². The molecule has 1 unspecified atom stereocenters. The molecule has 0 aromatic heterocycles. The van der Waals surface area contributed by atoms with Crippen molar-refractivity contribution in [2.75, 3.05) is 0 Å². The molecule has 0 fully saturated rings. The second-order valence-electron chi connectivity index (χ2n) is 3.77. The van der Waals surface area contributed by atoms with Crippen LogP contribution < -0.4 is 0 Å². The molecule has 0 bridgehead atoms. The zero-order valence-corrected chi connectivity index (χ0v) is 9.64. The molecule has 1 aromatic carbocycles. The zero-order valence-electron chi connectivity index (χ0n) is 8.89. The van der Waals surface area contributed by atoms with Crippen LogP contribution in [0.1, 0.15) is 37.0 Å². The number of halogens is 2. The number of carbonyl (C=O) groups is 1. The third-order valence-electron chi connectivity index (χ3n) is 2.47. The molecule has 82 valence electrons. The summed E-state index contributed by atoms with van der Waals surface area (Å²) in [7, 11) is 0. The van der Waals surface area contributed by atoms with Gasteiger partial charge >= 0.3 is 0 Å². The average Bonchev–Trinajstić information content (AvgIpc) is 2.21. The molecule has 0 radical (unpaired) electrons. The Labute approximate surface area is 94.3 Å². The Hall–Kier alpha value is -0.890. The number of hydrogen-bond acceptors (Lipinski definition) is 1. The Balaban J connectivity index is 2.78. The van der Waals surface area contributed by atoms with E-state index in [1.165, 1.54) is 18.2 Å². The quantitative estimate of drug-likeness (QED) is 0.710. The van der Waals surface area contributed by atoms with Crippen molar-refractivity contribution >= 4 is 17.4 Å². The lowest BCUT2D eigenvalue weighted by molar-refractivity contribution is 0.0963. The highest BCUT2D eigenvalue weighted by molar-refractivity contribution is 6.31. The van der Waals surface area contributed by atoms with Crippen LogP contribution in [0.15, 0.2) is 18.2 Å². The van der Waals surface area contributed by atoms with Crippen molar-refractivity contribution in [1.29, 1.82) is 0 Å². The molecular weight excluding hydrogens is 215 g/mol. The minimum atomic E-state index is -0.489. The van der Waals surface area contributed by atoms with E-state index in [0.717, 1.165) is 6.42 Å².